The first-order chi connectivity index (χ1) is 14.3. The zero-order valence-electron chi connectivity index (χ0n) is 18.1. The number of piperidine rings is 1. The van der Waals surface area contributed by atoms with Crippen LogP contribution >= 0.6 is 0 Å². The van der Waals surface area contributed by atoms with E-state index in [4.69, 9.17) is 9.47 Å². The first-order valence-electron chi connectivity index (χ1n) is 10.6. The van der Waals surface area contributed by atoms with Gasteiger partial charge < -0.3 is 19.7 Å². The highest BCUT2D eigenvalue weighted by Crippen LogP contribution is 2.35. The quantitative estimate of drug-likeness (QED) is 0.622. The number of carbonyl (C=O) groups is 1. The highest BCUT2D eigenvalue weighted by molar-refractivity contribution is 7.92. The van der Waals surface area contributed by atoms with Crippen molar-refractivity contribution >= 4 is 21.6 Å². The average Bonchev–Trinajstić information content (AvgIpc) is 2.71. The predicted octanol–water partition coefficient (Wildman–Crippen LogP) is 1.85. The third-order valence-electron chi connectivity index (χ3n) is 5.70. The SMILES string of the molecule is CC1CCN(CCCNC(=O)[C@H](C)N(c2ccc3c(c2)OCCO3)S(C)(=O)=O)CC1. The van der Waals surface area contributed by atoms with Gasteiger partial charge in [0, 0.05) is 12.6 Å². The van der Waals surface area contributed by atoms with Crippen molar-refractivity contribution in [1.82, 2.24) is 10.2 Å². The van der Waals surface area contributed by atoms with Crippen LogP contribution in [-0.2, 0) is 14.8 Å². The second kappa shape index (κ2) is 9.87. The van der Waals surface area contributed by atoms with Gasteiger partial charge in [0.2, 0.25) is 15.9 Å². The predicted molar refractivity (Wildman–Crippen MR) is 117 cm³/mol. The number of rotatable bonds is 8. The number of hydrogen-bond donors (Lipinski definition) is 1. The Balaban J connectivity index is 1.58. The number of anilines is 1. The van der Waals surface area contributed by atoms with Gasteiger partial charge in [0.1, 0.15) is 19.3 Å². The van der Waals surface area contributed by atoms with Crippen molar-refractivity contribution < 1.29 is 22.7 Å². The number of carbonyl (C=O) groups excluding carboxylic acids is 1. The maximum Gasteiger partial charge on any atom is 0.243 e. The fraction of sp³-hybridized carbons (Fsp3) is 0.667. The Kier molecular flexibility index (Phi) is 7.46. The summed E-state index contributed by atoms with van der Waals surface area (Å²) < 4.78 is 37.1. The molecule has 0 unspecified atom stereocenters. The van der Waals surface area contributed by atoms with E-state index in [0.29, 0.717) is 36.9 Å². The van der Waals surface area contributed by atoms with E-state index >= 15 is 0 Å². The molecule has 2 aliphatic rings. The fourth-order valence-corrected chi connectivity index (χ4v) is 5.09. The summed E-state index contributed by atoms with van der Waals surface area (Å²) in [7, 11) is -3.67. The minimum atomic E-state index is -3.67. The molecule has 1 N–H and O–H groups in total. The Morgan fingerprint density at radius 1 is 1.23 bits per heavy atom. The number of hydrogen-bond acceptors (Lipinski definition) is 6. The fourth-order valence-electron chi connectivity index (χ4n) is 3.93. The Hall–Kier alpha value is -2.00. The maximum absolute atomic E-state index is 12.7. The van der Waals surface area contributed by atoms with E-state index in [1.165, 1.54) is 12.8 Å². The molecule has 1 amide bonds. The topological polar surface area (TPSA) is 88.2 Å². The summed E-state index contributed by atoms with van der Waals surface area (Å²) in [6, 6.07) is 4.04. The lowest BCUT2D eigenvalue weighted by Gasteiger charge is -2.30. The van der Waals surface area contributed by atoms with Gasteiger partial charge in [0.25, 0.3) is 0 Å². The lowest BCUT2D eigenvalue weighted by molar-refractivity contribution is -0.121. The van der Waals surface area contributed by atoms with Crippen molar-refractivity contribution in [2.45, 2.75) is 39.2 Å². The van der Waals surface area contributed by atoms with Crippen LogP contribution in [0, 0.1) is 5.92 Å². The molecule has 0 spiro atoms. The van der Waals surface area contributed by atoms with Gasteiger partial charge in [0.15, 0.2) is 11.5 Å². The molecular weight excluding hydrogens is 406 g/mol. The van der Waals surface area contributed by atoms with E-state index in [1.807, 2.05) is 0 Å². The molecule has 0 aliphatic carbocycles. The van der Waals surface area contributed by atoms with Crippen molar-refractivity contribution in [1.29, 1.82) is 0 Å². The van der Waals surface area contributed by atoms with Crippen LogP contribution in [0.3, 0.4) is 0 Å². The number of amides is 1. The standard InChI is InChI=1S/C21H33N3O5S/c1-16-7-11-23(12-8-16)10-4-9-22-21(25)17(2)24(30(3,26)27)18-5-6-19-20(15-18)29-14-13-28-19/h5-6,15-17H,4,7-14H2,1-3H3,(H,22,25)/t17-/m0/s1. The molecule has 0 saturated carbocycles. The molecule has 8 nitrogen and oxygen atoms in total. The monoisotopic (exact) mass is 439 g/mol. The largest absolute Gasteiger partial charge is 0.486 e. The molecule has 1 saturated heterocycles. The zero-order chi connectivity index (χ0) is 21.7. The van der Waals surface area contributed by atoms with Crippen LogP contribution in [-0.4, -0.2) is 70.9 Å². The first kappa shape index (κ1) is 22.7. The first-order valence-corrected chi connectivity index (χ1v) is 12.5. The highest BCUT2D eigenvalue weighted by atomic mass is 32.2. The second-order valence-electron chi connectivity index (χ2n) is 8.23. The second-order valence-corrected chi connectivity index (χ2v) is 10.1. The third-order valence-corrected chi connectivity index (χ3v) is 6.94. The molecule has 1 atom stereocenters. The Morgan fingerprint density at radius 2 is 1.90 bits per heavy atom. The van der Waals surface area contributed by atoms with Crippen LogP contribution in [0.2, 0.25) is 0 Å². The van der Waals surface area contributed by atoms with Crippen molar-refractivity contribution in [3.05, 3.63) is 18.2 Å². The van der Waals surface area contributed by atoms with E-state index in [-0.39, 0.29) is 5.91 Å². The van der Waals surface area contributed by atoms with Crippen LogP contribution in [0.5, 0.6) is 11.5 Å². The van der Waals surface area contributed by atoms with Crippen LogP contribution in [0.1, 0.15) is 33.1 Å². The van der Waals surface area contributed by atoms with Gasteiger partial charge in [-0.15, -0.1) is 0 Å². The summed E-state index contributed by atoms with van der Waals surface area (Å²) in [5, 5.41) is 2.89. The van der Waals surface area contributed by atoms with Crippen molar-refractivity contribution in [3.8, 4) is 11.5 Å². The number of nitrogens with zero attached hydrogens (tertiary/aromatic N) is 2. The Bertz CT molecular complexity index is 837. The molecule has 2 aliphatic heterocycles. The molecule has 9 heteroatoms. The molecule has 0 aromatic heterocycles. The Morgan fingerprint density at radius 3 is 2.57 bits per heavy atom. The zero-order valence-corrected chi connectivity index (χ0v) is 18.9. The summed E-state index contributed by atoms with van der Waals surface area (Å²) in [5.41, 5.74) is 0.381. The number of sulfonamides is 1. The summed E-state index contributed by atoms with van der Waals surface area (Å²) in [4.78, 5) is 15.1. The molecule has 1 fully saturated rings. The highest BCUT2D eigenvalue weighted by Gasteiger charge is 2.30. The summed E-state index contributed by atoms with van der Waals surface area (Å²) in [5.74, 6) is 1.53. The summed E-state index contributed by atoms with van der Waals surface area (Å²) >= 11 is 0. The van der Waals surface area contributed by atoms with Gasteiger partial charge >= 0.3 is 0 Å². The number of benzene rings is 1. The van der Waals surface area contributed by atoms with Gasteiger partial charge in [-0.1, -0.05) is 6.92 Å². The molecule has 168 valence electrons. The van der Waals surface area contributed by atoms with Gasteiger partial charge in [-0.2, -0.15) is 0 Å². The minimum absolute atomic E-state index is 0.317. The maximum atomic E-state index is 12.7. The summed E-state index contributed by atoms with van der Waals surface area (Å²) in [6.45, 7) is 8.42. The lowest BCUT2D eigenvalue weighted by Crippen LogP contribution is -2.48. The van der Waals surface area contributed by atoms with Gasteiger partial charge in [-0.3, -0.25) is 9.10 Å². The molecule has 1 aromatic carbocycles. The van der Waals surface area contributed by atoms with Crippen LogP contribution in [0.25, 0.3) is 0 Å². The van der Waals surface area contributed by atoms with Crippen LogP contribution in [0.15, 0.2) is 18.2 Å². The number of fused-ring (bicyclic) bond motifs is 1. The van der Waals surface area contributed by atoms with Crippen LogP contribution < -0.4 is 19.1 Å². The lowest BCUT2D eigenvalue weighted by atomic mass is 9.99. The van der Waals surface area contributed by atoms with Crippen LogP contribution in [0.4, 0.5) is 5.69 Å². The summed E-state index contributed by atoms with van der Waals surface area (Å²) in [6.07, 6.45) is 4.39. The average molecular weight is 440 g/mol. The van der Waals surface area contributed by atoms with Gasteiger partial charge in [-0.05, 0) is 63.9 Å². The molecular formula is C21H33N3O5S. The molecule has 30 heavy (non-hydrogen) atoms. The van der Waals surface area contributed by atoms with Crippen molar-refractivity contribution in [3.63, 3.8) is 0 Å². The number of ether oxygens (including phenoxy) is 2. The number of nitrogens with one attached hydrogen (secondary N) is 1. The molecule has 0 bridgehead atoms. The van der Waals surface area contributed by atoms with Gasteiger partial charge in [0.05, 0.1) is 11.9 Å². The third kappa shape index (κ3) is 5.78. The smallest absolute Gasteiger partial charge is 0.243 e. The van der Waals surface area contributed by atoms with Crippen molar-refractivity contribution in [2.24, 2.45) is 5.92 Å². The Labute approximate surface area is 179 Å². The molecule has 0 radical (unpaired) electrons. The minimum Gasteiger partial charge on any atom is -0.486 e. The molecule has 2 heterocycles. The number of likely N-dealkylation sites (tertiary alicyclic amines) is 1. The molecule has 3 rings (SSSR count). The van der Waals surface area contributed by atoms with E-state index in [0.717, 1.165) is 42.5 Å². The molecule has 1 aromatic rings. The van der Waals surface area contributed by atoms with Crippen molar-refractivity contribution in [2.75, 3.05) is 50.0 Å². The normalized spacial score (nSPS) is 18.6. The van der Waals surface area contributed by atoms with E-state index < -0.39 is 16.1 Å². The van der Waals surface area contributed by atoms with E-state index in [2.05, 4.69) is 17.1 Å². The van der Waals surface area contributed by atoms with E-state index in [1.54, 1.807) is 25.1 Å². The van der Waals surface area contributed by atoms with Gasteiger partial charge in [-0.25, -0.2) is 8.42 Å². The van der Waals surface area contributed by atoms with E-state index in [9.17, 15) is 13.2 Å².